The molecule has 0 aliphatic carbocycles. The third-order valence-corrected chi connectivity index (χ3v) is 6.50. The number of rotatable bonds is 5. The third kappa shape index (κ3) is 4.54. The molecule has 1 aliphatic rings. The molecule has 7 heteroatoms. The SMILES string of the molecule is N#Cc1cccc(C(=O)NCc2ccc(S(=O)(=O)N3CCCCC3)cc2)c1. The van der Waals surface area contributed by atoms with Crippen molar-refractivity contribution in [1.29, 1.82) is 5.26 Å². The second-order valence-corrected chi connectivity index (χ2v) is 8.42. The average Bonchev–Trinajstić information content (AvgIpc) is 2.73. The van der Waals surface area contributed by atoms with E-state index in [1.807, 2.05) is 6.07 Å². The Labute approximate surface area is 159 Å². The lowest BCUT2D eigenvalue weighted by Crippen LogP contribution is -2.35. The second kappa shape index (κ2) is 8.33. The maximum Gasteiger partial charge on any atom is 0.251 e. The van der Waals surface area contributed by atoms with Gasteiger partial charge in [-0.1, -0.05) is 24.6 Å². The Morgan fingerprint density at radius 2 is 1.78 bits per heavy atom. The molecule has 0 bridgehead atoms. The smallest absolute Gasteiger partial charge is 0.251 e. The van der Waals surface area contributed by atoms with E-state index >= 15 is 0 Å². The lowest BCUT2D eigenvalue weighted by Gasteiger charge is -2.25. The standard InChI is InChI=1S/C20H21N3O3S/c21-14-17-5-4-6-18(13-17)20(24)22-15-16-7-9-19(10-8-16)27(25,26)23-11-2-1-3-12-23/h4-10,13H,1-3,11-12,15H2,(H,22,24). The maximum atomic E-state index is 12.6. The normalized spacial score (nSPS) is 15.1. The topological polar surface area (TPSA) is 90.3 Å². The Hall–Kier alpha value is -2.69. The summed E-state index contributed by atoms with van der Waals surface area (Å²) in [6.07, 6.45) is 2.87. The van der Waals surface area contributed by atoms with E-state index in [1.165, 1.54) is 10.4 Å². The maximum absolute atomic E-state index is 12.6. The number of carbonyl (C=O) groups excluding carboxylic acids is 1. The molecule has 0 spiro atoms. The summed E-state index contributed by atoms with van der Waals surface area (Å²) in [6.45, 7) is 1.42. The van der Waals surface area contributed by atoms with Gasteiger partial charge in [-0.05, 0) is 48.7 Å². The minimum absolute atomic E-state index is 0.277. The van der Waals surface area contributed by atoms with Crippen molar-refractivity contribution in [3.8, 4) is 6.07 Å². The van der Waals surface area contributed by atoms with Gasteiger partial charge in [-0.15, -0.1) is 0 Å². The monoisotopic (exact) mass is 383 g/mol. The molecule has 1 N–H and O–H groups in total. The summed E-state index contributed by atoms with van der Waals surface area (Å²) in [5, 5.41) is 11.7. The first-order valence-corrected chi connectivity index (χ1v) is 10.3. The highest BCUT2D eigenvalue weighted by Gasteiger charge is 2.25. The fourth-order valence-electron chi connectivity index (χ4n) is 3.05. The van der Waals surface area contributed by atoms with Crippen LogP contribution in [0, 0.1) is 11.3 Å². The van der Waals surface area contributed by atoms with Crippen LogP contribution >= 0.6 is 0 Å². The van der Waals surface area contributed by atoms with Gasteiger partial charge in [0.2, 0.25) is 10.0 Å². The predicted octanol–water partition coefficient (Wildman–Crippen LogP) is 2.66. The van der Waals surface area contributed by atoms with Crippen LogP contribution in [-0.2, 0) is 16.6 Å². The van der Waals surface area contributed by atoms with Crippen LogP contribution in [-0.4, -0.2) is 31.7 Å². The first-order valence-electron chi connectivity index (χ1n) is 8.88. The van der Waals surface area contributed by atoms with Crippen molar-refractivity contribution in [3.05, 3.63) is 65.2 Å². The van der Waals surface area contributed by atoms with Gasteiger partial charge in [0.1, 0.15) is 0 Å². The zero-order valence-electron chi connectivity index (χ0n) is 14.9. The van der Waals surface area contributed by atoms with Crippen LogP contribution in [0.2, 0.25) is 0 Å². The van der Waals surface area contributed by atoms with Gasteiger partial charge >= 0.3 is 0 Å². The van der Waals surface area contributed by atoms with Crippen LogP contribution in [0.5, 0.6) is 0 Å². The number of benzene rings is 2. The fraction of sp³-hybridized carbons (Fsp3) is 0.300. The summed E-state index contributed by atoms with van der Waals surface area (Å²) >= 11 is 0. The van der Waals surface area contributed by atoms with E-state index < -0.39 is 10.0 Å². The summed E-state index contributed by atoms with van der Waals surface area (Å²) in [5.41, 5.74) is 1.64. The number of hydrogen-bond acceptors (Lipinski definition) is 4. The van der Waals surface area contributed by atoms with Gasteiger partial charge in [0.25, 0.3) is 5.91 Å². The quantitative estimate of drug-likeness (QED) is 0.859. The summed E-state index contributed by atoms with van der Waals surface area (Å²) in [4.78, 5) is 12.5. The summed E-state index contributed by atoms with van der Waals surface area (Å²) in [7, 11) is -3.45. The Kier molecular flexibility index (Phi) is 5.89. The molecule has 0 unspecified atom stereocenters. The van der Waals surface area contributed by atoms with Gasteiger partial charge in [-0.2, -0.15) is 9.57 Å². The van der Waals surface area contributed by atoms with Gasteiger partial charge in [0, 0.05) is 25.2 Å². The zero-order chi connectivity index (χ0) is 19.3. The largest absolute Gasteiger partial charge is 0.348 e. The molecule has 6 nitrogen and oxygen atoms in total. The number of sulfonamides is 1. The third-order valence-electron chi connectivity index (χ3n) is 4.58. The lowest BCUT2D eigenvalue weighted by atomic mass is 10.1. The summed E-state index contributed by atoms with van der Waals surface area (Å²) in [6, 6.07) is 15.1. The fourth-order valence-corrected chi connectivity index (χ4v) is 4.57. The Morgan fingerprint density at radius 1 is 1.07 bits per heavy atom. The van der Waals surface area contributed by atoms with Crippen LogP contribution < -0.4 is 5.32 Å². The predicted molar refractivity (Wildman–Crippen MR) is 101 cm³/mol. The number of nitrogens with one attached hydrogen (secondary N) is 1. The molecule has 1 fully saturated rings. The average molecular weight is 383 g/mol. The van der Waals surface area contributed by atoms with Crippen LogP contribution in [0.3, 0.4) is 0 Å². The van der Waals surface area contributed by atoms with E-state index in [-0.39, 0.29) is 17.3 Å². The highest BCUT2D eigenvalue weighted by molar-refractivity contribution is 7.89. The van der Waals surface area contributed by atoms with E-state index in [9.17, 15) is 13.2 Å². The first kappa shape index (κ1) is 19.1. The first-order chi connectivity index (χ1) is 13.0. The highest BCUT2D eigenvalue weighted by Crippen LogP contribution is 2.20. The Morgan fingerprint density at radius 3 is 2.44 bits per heavy atom. The van der Waals surface area contributed by atoms with Crippen LogP contribution in [0.15, 0.2) is 53.4 Å². The van der Waals surface area contributed by atoms with Gasteiger partial charge in [0.15, 0.2) is 0 Å². The molecule has 27 heavy (non-hydrogen) atoms. The number of amides is 1. The second-order valence-electron chi connectivity index (χ2n) is 6.48. The molecule has 0 radical (unpaired) electrons. The van der Waals surface area contributed by atoms with E-state index in [0.29, 0.717) is 24.2 Å². The van der Waals surface area contributed by atoms with Crippen molar-refractivity contribution >= 4 is 15.9 Å². The molecule has 0 aromatic heterocycles. The molecule has 3 rings (SSSR count). The molecule has 0 atom stereocenters. The Balaban J connectivity index is 1.64. The van der Waals surface area contributed by atoms with Crippen LogP contribution in [0.1, 0.15) is 40.7 Å². The van der Waals surface area contributed by atoms with Gasteiger partial charge in [0.05, 0.1) is 16.5 Å². The highest BCUT2D eigenvalue weighted by atomic mass is 32.2. The van der Waals surface area contributed by atoms with E-state index in [4.69, 9.17) is 5.26 Å². The zero-order valence-corrected chi connectivity index (χ0v) is 15.7. The van der Waals surface area contributed by atoms with Gasteiger partial charge in [-0.25, -0.2) is 8.42 Å². The number of nitriles is 1. The molecule has 0 saturated carbocycles. The van der Waals surface area contributed by atoms with Crippen molar-refractivity contribution in [3.63, 3.8) is 0 Å². The molecule has 2 aromatic carbocycles. The van der Waals surface area contributed by atoms with Gasteiger partial charge < -0.3 is 5.32 Å². The molecular weight excluding hydrogens is 362 g/mol. The minimum Gasteiger partial charge on any atom is -0.348 e. The van der Waals surface area contributed by atoms with Crippen molar-refractivity contribution < 1.29 is 13.2 Å². The molecular formula is C20H21N3O3S. The summed E-state index contributed by atoms with van der Waals surface area (Å²) < 4.78 is 26.8. The van der Waals surface area contributed by atoms with Gasteiger partial charge in [-0.3, -0.25) is 4.79 Å². The van der Waals surface area contributed by atoms with Crippen molar-refractivity contribution in [2.75, 3.05) is 13.1 Å². The van der Waals surface area contributed by atoms with E-state index in [0.717, 1.165) is 24.8 Å². The number of piperidine rings is 1. The number of nitrogens with zero attached hydrogens (tertiary/aromatic N) is 2. The molecule has 1 heterocycles. The minimum atomic E-state index is -3.45. The Bertz CT molecular complexity index is 957. The summed E-state index contributed by atoms with van der Waals surface area (Å²) in [5.74, 6) is -0.280. The van der Waals surface area contributed by atoms with Crippen molar-refractivity contribution in [2.24, 2.45) is 0 Å². The van der Waals surface area contributed by atoms with Crippen LogP contribution in [0.4, 0.5) is 0 Å². The molecule has 1 saturated heterocycles. The van der Waals surface area contributed by atoms with Crippen LogP contribution in [0.25, 0.3) is 0 Å². The lowest BCUT2D eigenvalue weighted by molar-refractivity contribution is 0.0951. The number of hydrogen-bond donors (Lipinski definition) is 1. The van der Waals surface area contributed by atoms with E-state index in [1.54, 1.807) is 42.5 Å². The van der Waals surface area contributed by atoms with Crippen molar-refractivity contribution in [2.45, 2.75) is 30.7 Å². The number of carbonyl (C=O) groups is 1. The molecule has 2 aromatic rings. The molecule has 1 aliphatic heterocycles. The molecule has 140 valence electrons. The van der Waals surface area contributed by atoms with E-state index in [2.05, 4.69) is 5.32 Å². The molecule has 1 amide bonds. The van der Waals surface area contributed by atoms with Crippen molar-refractivity contribution in [1.82, 2.24) is 9.62 Å².